The molecule has 0 saturated carbocycles. The lowest BCUT2D eigenvalue weighted by Crippen LogP contribution is -2.20. The maximum atomic E-state index is 12.8. The van der Waals surface area contributed by atoms with Gasteiger partial charge in [-0.1, -0.05) is 6.07 Å². The lowest BCUT2D eigenvalue weighted by molar-refractivity contribution is 0.146. The van der Waals surface area contributed by atoms with Crippen molar-refractivity contribution in [2.45, 2.75) is 12.5 Å². The Morgan fingerprint density at radius 2 is 1.93 bits per heavy atom. The summed E-state index contributed by atoms with van der Waals surface area (Å²) >= 11 is 0. The molecule has 1 aromatic carbocycles. The van der Waals surface area contributed by atoms with Gasteiger partial charge in [-0.15, -0.1) is 0 Å². The van der Waals surface area contributed by atoms with Crippen molar-refractivity contribution in [3.8, 4) is 0 Å². The molecule has 0 aliphatic heterocycles. The van der Waals surface area contributed by atoms with Gasteiger partial charge in [0.05, 0.1) is 5.56 Å². The molecule has 78 valence electrons. The summed E-state index contributed by atoms with van der Waals surface area (Å²) in [6, 6.07) is 2.86. The third kappa shape index (κ3) is 2.24. The van der Waals surface area contributed by atoms with Crippen LogP contribution in [0, 0.1) is 5.82 Å². The summed E-state index contributed by atoms with van der Waals surface area (Å²) in [6.45, 7) is 0.133. The third-order valence-corrected chi connectivity index (χ3v) is 1.94. The van der Waals surface area contributed by atoms with Gasteiger partial charge in [-0.25, -0.2) is 13.2 Å². The van der Waals surface area contributed by atoms with Gasteiger partial charge >= 0.3 is 0 Å². The fourth-order valence-corrected chi connectivity index (χ4v) is 1.10. The minimum atomic E-state index is -2.83. The first kappa shape index (κ1) is 11.0. The van der Waals surface area contributed by atoms with E-state index in [1.165, 1.54) is 6.07 Å². The van der Waals surface area contributed by atoms with E-state index in [-0.39, 0.29) is 6.54 Å². The number of rotatable bonds is 3. The van der Waals surface area contributed by atoms with Crippen molar-refractivity contribution in [3.63, 3.8) is 0 Å². The van der Waals surface area contributed by atoms with Crippen molar-refractivity contribution in [3.05, 3.63) is 35.1 Å². The van der Waals surface area contributed by atoms with Crippen molar-refractivity contribution in [1.82, 2.24) is 0 Å². The fraction of sp³-hybridized carbons (Fsp3) is 0.333. The monoisotopic (exact) mass is 204 g/mol. The molecule has 0 saturated heterocycles. The summed E-state index contributed by atoms with van der Waals surface area (Å²) in [5.41, 5.74) is 10.6. The molecule has 0 amide bonds. The quantitative estimate of drug-likeness (QED) is 0.787. The number of nitrogens with two attached hydrogens (primary N) is 2. The Morgan fingerprint density at radius 3 is 2.43 bits per heavy atom. The van der Waals surface area contributed by atoms with E-state index in [9.17, 15) is 13.2 Å². The van der Waals surface area contributed by atoms with Crippen LogP contribution in [-0.4, -0.2) is 6.54 Å². The van der Waals surface area contributed by atoms with Crippen LogP contribution in [0.1, 0.15) is 23.6 Å². The highest BCUT2D eigenvalue weighted by Gasteiger charge is 2.15. The molecule has 0 aliphatic rings. The van der Waals surface area contributed by atoms with Crippen LogP contribution in [0.3, 0.4) is 0 Å². The molecule has 0 fully saturated rings. The molecule has 0 radical (unpaired) electrons. The van der Waals surface area contributed by atoms with Gasteiger partial charge in [0.2, 0.25) is 0 Å². The number of benzene rings is 1. The zero-order valence-electron chi connectivity index (χ0n) is 7.38. The molecule has 0 aromatic heterocycles. The van der Waals surface area contributed by atoms with Crippen LogP contribution in [0.4, 0.5) is 13.2 Å². The van der Waals surface area contributed by atoms with Gasteiger partial charge in [-0.3, -0.25) is 0 Å². The zero-order valence-corrected chi connectivity index (χ0v) is 7.38. The molecular weight excluding hydrogens is 193 g/mol. The number of hydrogen-bond acceptors (Lipinski definition) is 2. The minimum Gasteiger partial charge on any atom is -0.329 e. The first-order valence-electron chi connectivity index (χ1n) is 4.09. The zero-order chi connectivity index (χ0) is 10.7. The Kier molecular flexibility index (Phi) is 3.49. The minimum absolute atomic E-state index is 0.133. The third-order valence-electron chi connectivity index (χ3n) is 1.94. The molecule has 1 rings (SSSR count). The lowest BCUT2D eigenvalue weighted by atomic mass is 10.0. The van der Waals surface area contributed by atoms with Crippen molar-refractivity contribution < 1.29 is 13.2 Å². The maximum absolute atomic E-state index is 12.8. The van der Waals surface area contributed by atoms with Crippen LogP contribution >= 0.6 is 0 Å². The van der Waals surface area contributed by atoms with Crippen molar-refractivity contribution in [2.24, 2.45) is 11.5 Å². The van der Waals surface area contributed by atoms with E-state index < -0.39 is 23.8 Å². The second-order valence-electron chi connectivity index (χ2n) is 2.92. The van der Waals surface area contributed by atoms with Crippen LogP contribution in [0.15, 0.2) is 18.2 Å². The normalized spacial score (nSPS) is 13.3. The van der Waals surface area contributed by atoms with Crippen molar-refractivity contribution in [1.29, 1.82) is 0 Å². The summed E-state index contributed by atoms with van der Waals surface area (Å²) in [6.07, 6.45) is -2.83. The Hall–Kier alpha value is -1.07. The van der Waals surface area contributed by atoms with E-state index in [1.807, 2.05) is 0 Å². The van der Waals surface area contributed by atoms with Gasteiger partial charge in [0.25, 0.3) is 6.43 Å². The van der Waals surface area contributed by atoms with Gasteiger partial charge in [0.15, 0.2) is 0 Å². The molecule has 1 aromatic rings. The molecule has 14 heavy (non-hydrogen) atoms. The Balaban J connectivity index is 3.06. The van der Waals surface area contributed by atoms with Crippen LogP contribution in [-0.2, 0) is 0 Å². The number of hydrogen-bond donors (Lipinski definition) is 2. The average molecular weight is 204 g/mol. The average Bonchev–Trinajstić information content (AvgIpc) is 2.17. The Morgan fingerprint density at radius 1 is 1.29 bits per heavy atom. The number of halogens is 3. The highest BCUT2D eigenvalue weighted by atomic mass is 19.3. The molecule has 4 N–H and O–H groups in total. The SMILES string of the molecule is NC[C@@H](N)c1ccc(F)c(C(F)F)c1. The molecular formula is C9H11F3N2. The van der Waals surface area contributed by atoms with Gasteiger partial charge in [0.1, 0.15) is 5.82 Å². The van der Waals surface area contributed by atoms with Gasteiger partial charge < -0.3 is 11.5 Å². The van der Waals surface area contributed by atoms with Gasteiger partial charge in [-0.2, -0.15) is 0 Å². The summed E-state index contributed by atoms with van der Waals surface area (Å²) in [5, 5.41) is 0. The van der Waals surface area contributed by atoms with Crippen LogP contribution in [0.2, 0.25) is 0 Å². The van der Waals surface area contributed by atoms with E-state index in [0.717, 1.165) is 12.1 Å². The highest BCUT2D eigenvalue weighted by molar-refractivity contribution is 5.28. The smallest absolute Gasteiger partial charge is 0.266 e. The molecule has 1 atom stereocenters. The van der Waals surface area contributed by atoms with Gasteiger partial charge in [0, 0.05) is 12.6 Å². The second kappa shape index (κ2) is 4.43. The fourth-order valence-electron chi connectivity index (χ4n) is 1.10. The largest absolute Gasteiger partial charge is 0.329 e. The predicted octanol–water partition coefficient (Wildman–Crippen LogP) is 1.72. The molecule has 0 heterocycles. The predicted molar refractivity (Wildman–Crippen MR) is 47.3 cm³/mol. The van der Waals surface area contributed by atoms with Crippen molar-refractivity contribution >= 4 is 0 Å². The van der Waals surface area contributed by atoms with Gasteiger partial charge in [-0.05, 0) is 17.7 Å². The van der Waals surface area contributed by atoms with E-state index in [2.05, 4.69) is 0 Å². The Bertz CT molecular complexity index is 315. The maximum Gasteiger partial charge on any atom is 0.266 e. The molecule has 0 aliphatic carbocycles. The molecule has 5 heteroatoms. The van der Waals surface area contributed by atoms with Crippen LogP contribution < -0.4 is 11.5 Å². The van der Waals surface area contributed by atoms with Crippen LogP contribution in [0.25, 0.3) is 0 Å². The first-order chi connectivity index (χ1) is 6.56. The number of alkyl halides is 2. The topological polar surface area (TPSA) is 52.0 Å². The van der Waals surface area contributed by atoms with Crippen molar-refractivity contribution in [2.75, 3.05) is 6.54 Å². The first-order valence-corrected chi connectivity index (χ1v) is 4.09. The molecule has 0 bridgehead atoms. The van der Waals surface area contributed by atoms with E-state index in [0.29, 0.717) is 5.56 Å². The molecule has 0 spiro atoms. The summed E-state index contributed by atoms with van der Waals surface area (Å²) < 4.78 is 37.4. The molecule has 2 nitrogen and oxygen atoms in total. The Labute approximate surface area is 79.7 Å². The standard InChI is InChI=1S/C9H11F3N2/c10-7-2-1-5(8(14)4-13)3-6(7)9(11)12/h1-3,8-9H,4,13-14H2/t8-/m1/s1. The van der Waals surface area contributed by atoms with E-state index >= 15 is 0 Å². The second-order valence-corrected chi connectivity index (χ2v) is 2.92. The van der Waals surface area contributed by atoms with Crippen LogP contribution in [0.5, 0.6) is 0 Å². The highest BCUT2D eigenvalue weighted by Crippen LogP contribution is 2.24. The summed E-state index contributed by atoms with van der Waals surface area (Å²) in [7, 11) is 0. The molecule has 0 unspecified atom stereocenters. The van der Waals surface area contributed by atoms with E-state index in [1.54, 1.807) is 0 Å². The lowest BCUT2D eigenvalue weighted by Gasteiger charge is -2.11. The summed E-state index contributed by atoms with van der Waals surface area (Å²) in [4.78, 5) is 0. The van der Waals surface area contributed by atoms with E-state index in [4.69, 9.17) is 11.5 Å². The summed E-state index contributed by atoms with van der Waals surface area (Å²) in [5.74, 6) is -0.923.